The van der Waals surface area contributed by atoms with Gasteiger partial charge in [0.15, 0.2) is 11.5 Å². The standard InChI is InChI=1S/C21H24N4O4S/c1-27-16-6-5-15(12-17(16)28-2)22-19(26)13-25-9-7-14(8-10-25)21-23-20(24-29-21)18-4-3-11-30-18/h3-6,11-12,14H,7-10,13H2,1-2H3,(H,22,26). The van der Waals surface area contributed by atoms with Gasteiger partial charge in [-0.3, -0.25) is 9.69 Å². The molecular weight excluding hydrogens is 404 g/mol. The molecule has 0 unspecified atom stereocenters. The van der Waals surface area contributed by atoms with Crippen molar-refractivity contribution in [1.29, 1.82) is 0 Å². The highest BCUT2D eigenvalue weighted by Crippen LogP contribution is 2.31. The zero-order valence-corrected chi connectivity index (χ0v) is 17.8. The molecule has 1 aliphatic rings. The Morgan fingerprint density at radius 3 is 2.73 bits per heavy atom. The number of hydrogen-bond acceptors (Lipinski definition) is 8. The van der Waals surface area contributed by atoms with Crippen LogP contribution < -0.4 is 14.8 Å². The highest BCUT2D eigenvalue weighted by atomic mass is 32.1. The van der Waals surface area contributed by atoms with Crippen molar-refractivity contribution in [2.24, 2.45) is 0 Å². The van der Waals surface area contributed by atoms with Gasteiger partial charge in [-0.25, -0.2) is 0 Å². The number of carbonyl (C=O) groups is 1. The number of piperidine rings is 1. The Labute approximate surface area is 178 Å². The average Bonchev–Trinajstić information content (AvgIpc) is 3.46. The lowest BCUT2D eigenvalue weighted by atomic mass is 9.97. The third-order valence-corrected chi connectivity index (χ3v) is 6.02. The van der Waals surface area contributed by atoms with Crippen molar-refractivity contribution < 1.29 is 18.8 Å². The first kappa shape index (κ1) is 20.4. The van der Waals surface area contributed by atoms with E-state index in [1.165, 1.54) is 0 Å². The summed E-state index contributed by atoms with van der Waals surface area (Å²) in [5.41, 5.74) is 0.680. The van der Waals surface area contributed by atoms with Gasteiger partial charge >= 0.3 is 0 Å². The van der Waals surface area contributed by atoms with Gasteiger partial charge in [0, 0.05) is 17.7 Å². The van der Waals surface area contributed by atoms with Gasteiger partial charge in [-0.1, -0.05) is 11.2 Å². The van der Waals surface area contributed by atoms with E-state index in [0.717, 1.165) is 30.8 Å². The number of benzene rings is 1. The number of anilines is 1. The molecule has 0 radical (unpaired) electrons. The van der Waals surface area contributed by atoms with Crippen molar-refractivity contribution in [3.63, 3.8) is 0 Å². The van der Waals surface area contributed by atoms with Gasteiger partial charge in [0.2, 0.25) is 17.6 Å². The molecule has 3 aromatic rings. The van der Waals surface area contributed by atoms with Crippen LogP contribution in [-0.2, 0) is 4.79 Å². The van der Waals surface area contributed by atoms with Gasteiger partial charge in [-0.15, -0.1) is 11.3 Å². The quantitative estimate of drug-likeness (QED) is 0.614. The number of likely N-dealkylation sites (tertiary alicyclic amines) is 1. The van der Waals surface area contributed by atoms with Gasteiger partial charge in [-0.2, -0.15) is 4.98 Å². The van der Waals surface area contributed by atoms with E-state index in [-0.39, 0.29) is 11.8 Å². The van der Waals surface area contributed by atoms with E-state index in [1.807, 2.05) is 17.5 Å². The van der Waals surface area contributed by atoms with E-state index in [9.17, 15) is 4.79 Å². The molecule has 3 heterocycles. The van der Waals surface area contributed by atoms with Crippen LogP contribution in [0.5, 0.6) is 11.5 Å². The van der Waals surface area contributed by atoms with Gasteiger partial charge in [0.05, 0.1) is 25.6 Å². The predicted molar refractivity (Wildman–Crippen MR) is 114 cm³/mol. The van der Waals surface area contributed by atoms with Crippen molar-refractivity contribution in [2.75, 3.05) is 39.2 Å². The fourth-order valence-corrected chi connectivity index (χ4v) is 4.21. The van der Waals surface area contributed by atoms with E-state index in [2.05, 4.69) is 20.4 Å². The summed E-state index contributed by atoms with van der Waals surface area (Å²) in [5.74, 6) is 2.72. The van der Waals surface area contributed by atoms with Gasteiger partial charge < -0.3 is 19.3 Å². The molecule has 0 saturated carbocycles. The number of ether oxygens (including phenoxy) is 2. The lowest BCUT2D eigenvalue weighted by molar-refractivity contribution is -0.117. The molecule has 30 heavy (non-hydrogen) atoms. The molecule has 1 amide bonds. The summed E-state index contributed by atoms with van der Waals surface area (Å²) < 4.78 is 16.0. The summed E-state index contributed by atoms with van der Waals surface area (Å²) in [6, 6.07) is 9.28. The number of aromatic nitrogens is 2. The van der Waals surface area contributed by atoms with Crippen LogP contribution in [0.4, 0.5) is 5.69 Å². The van der Waals surface area contributed by atoms with E-state index in [4.69, 9.17) is 14.0 Å². The maximum Gasteiger partial charge on any atom is 0.238 e. The highest BCUT2D eigenvalue weighted by molar-refractivity contribution is 7.13. The van der Waals surface area contributed by atoms with Crippen molar-refractivity contribution >= 4 is 22.9 Å². The van der Waals surface area contributed by atoms with Crippen molar-refractivity contribution in [3.8, 4) is 22.2 Å². The first-order valence-corrected chi connectivity index (χ1v) is 10.7. The Morgan fingerprint density at radius 1 is 1.23 bits per heavy atom. The molecule has 158 valence electrons. The molecule has 2 aromatic heterocycles. The first-order chi connectivity index (χ1) is 14.7. The van der Waals surface area contributed by atoms with Crippen LogP contribution in [0.1, 0.15) is 24.7 Å². The summed E-state index contributed by atoms with van der Waals surface area (Å²) in [5, 5.41) is 9.02. The lowest BCUT2D eigenvalue weighted by Crippen LogP contribution is -2.38. The Kier molecular flexibility index (Phi) is 6.29. The second-order valence-corrected chi connectivity index (χ2v) is 8.05. The van der Waals surface area contributed by atoms with E-state index in [1.54, 1.807) is 43.8 Å². The number of amides is 1. The normalized spacial score (nSPS) is 15.1. The maximum absolute atomic E-state index is 12.5. The predicted octanol–water partition coefficient (Wildman–Crippen LogP) is 3.63. The Morgan fingerprint density at radius 2 is 2.03 bits per heavy atom. The van der Waals surface area contributed by atoms with Crippen LogP contribution in [-0.4, -0.2) is 54.8 Å². The summed E-state index contributed by atoms with van der Waals surface area (Å²) in [6.45, 7) is 1.95. The van der Waals surface area contributed by atoms with Crippen LogP contribution in [0.3, 0.4) is 0 Å². The van der Waals surface area contributed by atoms with Crippen LogP contribution in [0, 0.1) is 0 Å². The molecule has 0 spiro atoms. The smallest absolute Gasteiger partial charge is 0.238 e. The monoisotopic (exact) mass is 428 g/mol. The Balaban J connectivity index is 1.28. The van der Waals surface area contributed by atoms with Crippen LogP contribution in [0.2, 0.25) is 0 Å². The van der Waals surface area contributed by atoms with Crippen LogP contribution in [0.15, 0.2) is 40.2 Å². The number of methoxy groups -OCH3 is 2. The second-order valence-electron chi connectivity index (χ2n) is 7.10. The molecular formula is C21H24N4O4S. The van der Waals surface area contributed by atoms with E-state index >= 15 is 0 Å². The summed E-state index contributed by atoms with van der Waals surface area (Å²) in [6.07, 6.45) is 1.77. The molecule has 8 nitrogen and oxygen atoms in total. The first-order valence-electron chi connectivity index (χ1n) is 9.78. The minimum Gasteiger partial charge on any atom is -0.493 e. The molecule has 0 atom stereocenters. The average molecular weight is 429 g/mol. The minimum absolute atomic E-state index is 0.0570. The molecule has 9 heteroatoms. The molecule has 1 aliphatic heterocycles. The largest absolute Gasteiger partial charge is 0.493 e. The van der Waals surface area contributed by atoms with Crippen molar-refractivity contribution in [2.45, 2.75) is 18.8 Å². The van der Waals surface area contributed by atoms with Crippen molar-refractivity contribution in [3.05, 3.63) is 41.6 Å². The number of rotatable bonds is 7. The van der Waals surface area contributed by atoms with Gasteiger partial charge in [-0.05, 0) is 49.5 Å². The molecule has 1 N–H and O–H groups in total. The molecule has 0 bridgehead atoms. The molecule has 1 saturated heterocycles. The van der Waals surface area contributed by atoms with Crippen LogP contribution >= 0.6 is 11.3 Å². The number of hydrogen-bond donors (Lipinski definition) is 1. The zero-order chi connectivity index (χ0) is 20.9. The summed E-state index contributed by atoms with van der Waals surface area (Å²) in [4.78, 5) is 20.2. The summed E-state index contributed by atoms with van der Waals surface area (Å²) in [7, 11) is 3.15. The van der Waals surface area contributed by atoms with E-state index < -0.39 is 0 Å². The fourth-order valence-electron chi connectivity index (χ4n) is 3.56. The van der Waals surface area contributed by atoms with Crippen LogP contribution in [0.25, 0.3) is 10.7 Å². The molecule has 0 aliphatic carbocycles. The zero-order valence-electron chi connectivity index (χ0n) is 17.0. The lowest BCUT2D eigenvalue weighted by Gasteiger charge is -2.29. The molecule has 4 rings (SSSR count). The van der Waals surface area contributed by atoms with Crippen molar-refractivity contribution in [1.82, 2.24) is 15.0 Å². The topological polar surface area (TPSA) is 89.7 Å². The molecule has 1 fully saturated rings. The third-order valence-electron chi connectivity index (χ3n) is 5.15. The molecule has 1 aromatic carbocycles. The number of nitrogens with zero attached hydrogens (tertiary/aromatic N) is 3. The highest BCUT2D eigenvalue weighted by Gasteiger charge is 2.26. The van der Waals surface area contributed by atoms with Gasteiger partial charge in [0.25, 0.3) is 0 Å². The third kappa shape index (κ3) is 4.63. The fraction of sp³-hybridized carbons (Fsp3) is 0.381. The minimum atomic E-state index is -0.0570. The van der Waals surface area contributed by atoms with E-state index in [0.29, 0.717) is 35.4 Å². The van der Waals surface area contributed by atoms with Gasteiger partial charge in [0.1, 0.15) is 0 Å². The maximum atomic E-state index is 12.5. The number of thiophene rings is 1. The Bertz CT molecular complexity index is 981. The Hall–Kier alpha value is -2.91. The number of carbonyl (C=O) groups excluding carboxylic acids is 1. The summed E-state index contributed by atoms with van der Waals surface area (Å²) >= 11 is 1.60. The SMILES string of the molecule is COc1ccc(NC(=O)CN2CCC(c3nc(-c4cccs4)no3)CC2)cc1OC. The number of nitrogens with one attached hydrogen (secondary N) is 1. The second kappa shape index (κ2) is 9.27.